The van der Waals surface area contributed by atoms with Crippen LogP contribution in [0.3, 0.4) is 0 Å². The predicted octanol–water partition coefficient (Wildman–Crippen LogP) is 2.57. The van der Waals surface area contributed by atoms with E-state index >= 15 is 0 Å². The van der Waals surface area contributed by atoms with E-state index in [-0.39, 0.29) is 5.84 Å². The van der Waals surface area contributed by atoms with E-state index in [1.165, 1.54) is 0 Å². The van der Waals surface area contributed by atoms with Crippen LogP contribution in [-0.2, 0) is 0 Å². The van der Waals surface area contributed by atoms with Crippen molar-refractivity contribution >= 4 is 11.5 Å². The summed E-state index contributed by atoms with van der Waals surface area (Å²) < 4.78 is 0. The summed E-state index contributed by atoms with van der Waals surface area (Å²) in [7, 11) is 2.04. The minimum Gasteiger partial charge on any atom is -0.409 e. The molecular formula is C14H23N3O. The standard InChI is InChI=1S/C14H23N3O/c1-9(2)11(4)17(5)13-8-10(3)6-7-12(13)14(15)16-18/h6-9,11,18H,1-5H3,(H2,15,16). The number of anilines is 1. The van der Waals surface area contributed by atoms with E-state index in [1.807, 2.05) is 26.1 Å². The van der Waals surface area contributed by atoms with E-state index < -0.39 is 0 Å². The quantitative estimate of drug-likeness (QED) is 0.373. The first kappa shape index (κ1) is 14.4. The summed E-state index contributed by atoms with van der Waals surface area (Å²) in [6.07, 6.45) is 0. The molecule has 0 saturated heterocycles. The van der Waals surface area contributed by atoms with Crippen LogP contribution in [0.15, 0.2) is 23.4 Å². The summed E-state index contributed by atoms with van der Waals surface area (Å²) in [5.41, 5.74) is 8.64. The first-order chi connectivity index (χ1) is 8.38. The first-order valence-corrected chi connectivity index (χ1v) is 6.19. The lowest BCUT2D eigenvalue weighted by atomic mass is 10.0. The molecule has 0 spiro atoms. The zero-order valence-electron chi connectivity index (χ0n) is 11.8. The van der Waals surface area contributed by atoms with Gasteiger partial charge in [0.05, 0.1) is 0 Å². The van der Waals surface area contributed by atoms with E-state index in [2.05, 4.69) is 36.9 Å². The molecule has 0 aromatic heterocycles. The first-order valence-electron chi connectivity index (χ1n) is 6.19. The summed E-state index contributed by atoms with van der Waals surface area (Å²) >= 11 is 0. The monoisotopic (exact) mass is 249 g/mol. The van der Waals surface area contributed by atoms with E-state index in [0.29, 0.717) is 12.0 Å². The van der Waals surface area contributed by atoms with Crippen molar-refractivity contribution < 1.29 is 5.21 Å². The number of benzene rings is 1. The molecule has 1 unspecified atom stereocenters. The van der Waals surface area contributed by atoms with Gasteiger partial charge < -0.3 is 15.8 Å². The summed E-state index contributed by atoms with van der Waals surface area (Å²) in [5.74, 6) is 0.670. The second-order valence-corrected chi connectivity index (χ2v) is 5.10. The Bertz CT molecular complexity index is 441. The Morgan fingerprint density at radius 3 is 2.44 bits per heavy atom. The molecule has 1 rings (SSSR count). The Kier molecular flexibility index (Phi) is 4.59. The highest BCUT2D eigenvalue weighted by Crippen LogP contribution is 2.25. The number of amidine groups is 1. The molecule has 0 radical (unpaired) electrons. The number of rotatable bonds is 4. The van der Waals surface area contributed by atoms with Crippen molar-refractivity contribution in [3.63, 3.8) is 0 Å². The van der Waals surface area contributed by atoms with Crippen LogP contribution in [-0.4, -0.2) is 24.1 Å². The van der Waals surface area contributed by atoms with Gasteiger partial charge in [0.25, 0.3) is 0 Å². The SMILES string of the molecule is Cc1ccc(C(N)=NO)c(N(C)C(C)C(C)C)c1. The van der Waals surface area contributed by atoms with E-state index in [1.54, 1.807) is 0 Å². The highest BCUT2D eigenvalue weighted by atomic mass is 16.4. The molecule has 0 aliphatic carbocycles. The molecule has 0 aliphatic heterocycles. The largest absolute Gasteiger partial charge is 0.409 e. The van der Waals surface area contributed by atoms with Crippen molar-refractivity contribution in [3.05, 3.63) is 29.3 Å². The molecule has 4 nitrogen and oxygen atoms in total. The average Bonchev–Trinajstić information content (AvgIpc) is 2.35. The molecule has 4 heteroatoms. The summed E-state index contributed by atoms with van der Waals surface area (Å²) in [6, 6.07) is 6.29. The van der Waals surface area contributed by atoms with Crippen LogP contribution in [0.2, 0.25) is 0 Å². The molecular weight excluding hydrogens is 226 g/mol. The number of nitrogens with two attached hydrogens (primary N) is 1. The highest BCUT2D eigenvalue weighted by Gasteiger charge is 2.18. The van der Waals surface area contributed by atoms with Crippen molar-refractivity contribution in [2.75, 3.05) is 11.9 Å². The van der Waals surface area contributed by atoms with E-state index in [9.17, 15) is 0 Å². The maximum Gasteiger partial charge on any atom is 0.172 e. The fourth-order valence-electron chi connectivity index (χ4n) is 1.87. The van der Waals surface area contributed by atoms with Gasteiger partial charge in [-0.1, -0.05) is 25.1 Å². The molecule has 0 saturated carbocycles. The summed E-state index contributed by atoms with van der Waals surface area (Å²) in [5, 5.41) is 12.0. The third-order valence-electron chi connectivity index (χ3n) is 3.49. The van der Waals surface area contributed by atoms with Crippen molar-refractivity contribution in [2.45, 2.75) is 33.7 Å². The molecule has 0 fully saturated rings. The molecule has 1 aromatic carbocycles. The van der Waals surface area contributed by atoms with Gasteiger partial charge in [-0.25, -0.2) is 0 Å². The van der Waals surface area contributed by atoms with Gasteiger partial charge in [0.1, 0.15) is 0 Å². The normalized spacial score (nSPS) is 13.8. The number of hydrogen-bond donors (Lipinski definition) is 2. The van der Waals surface area contributed by atoms with Gasteiger partial charge in [-0.05, 0) is 37.5 Å². The fraction of sp³-hybridized carbons (Fsp3) is 0.500. The molecule has 0 bridgehead atoms. The third-order valence-corrected chi connectivity index (χ3v) is 3.49. The number of aryl methyl sites for hydroxylation is 1. The molecule has 3 N–H and O–H groups in total. The van der Waals surface area contributed by atoms with Gasteiger partial charge in [0, 0.05) is 24.3 Å². The third kappa shape index (κ3) is 2.94. The summed E-state index contributed by atoms with van der Waals surface area (Å²) in [4.78, 5) is 2.17. The van der Waals surface area contributed by atoms with Crippen molar-refractivity contribution in [3.8, 4) is 0 Å². The van der Waals surface area contributed by atoms with Crippen molar-refractivity contribution in [2.24, 2.45) is 16.8 Å². The molecule has 0 aliphatic rings. The zero-order chi connectivity index (χ0) is 13.9. The molecule has 1 aromatic rings. The molecule has 0 heterocycles. The van der Waals surface area contributed by atoms with Gasteiger partial charge in [0.15, 0.2) is 5.84 Å². The van der Waals surface area contributed by atoms with Crippen LogP contribution in [0.4, 0.5) is 5.69 Å². The maximum atomic E-state index is 8.86. The Hall–Kier alpha value is -1.71. The van der Waals surface area contributed by atoms with Crippen LogP contribution in [0.1, 0.15) is 31.9 Å². The zero-order valence-corrected chi connectivity index (χ0v) is 11.8. The predicted molar refractivity (Wildman–Crippen MR) is 76.4 cm³/mol. The molecule has 0 amide bonds. The molecule has 18 heavy (non-hydrogen) atoms. The Labute approximate surface area is 109 Å². The average molecular weight is 249 g/mol. The van der Waals surface area contributed by atoms with Crippen molar-refractivity contribution in [1.29, 1.82) is 0 Å². The van der Waals surface area contributed by atoms with E-state index in [4.69, 9.17) is 10.9 Å². The van der Waals surface area contributed by atoms with Crippen LogP contribution >= 0.6 is 0 Å². The topological polar surface area (TPSA) is 61.9 Å². The minimum absolute atomic E-state index is 0.146. The number of nitrogens with zero attached hydrogens (tertiary/aromatic N) is 2. The van der Waals surface area contributed by atoms with Gasteiger partial charge in [-0.15, -0.1) is 0 Å². The van der Waals surface area contributed by atoms with Gasteiger partial charge >= 0.3 is 0 Å². The van der Waals surface area contributed by atoms with Crippen LogP contribution < -0.4 is 10.6 Å². The van der Waals surface area contributed by atoms with Gasteiger partial charge in [-0.2, -0.15) is 0 Å². The van der Waals surface area contributed by atoms with Crippen LogP contribution in [0.5, 0.6) is 0 Å². The lowest BCUT2D eigenvalue weighted by Crippen LogP contribution is -2.34. The molecule has 100 valence electrons. The second kappa shape index (κ2) is 5.76. The fourth-order valence-corrected chi connectivity index (χ4v) is 1.87. The second-order valence-electron chi connectivity index (χ2n) is 5.10. The Morgan fingerprint density at radius 2 is 1.94 bits per heavy atom. The van der Waals surface area contributed by atoms with Crippen LogP contribution in [0.25, 0.3) is 0 Å². The molecule has 1 atom stereocenters. The minimum atomic E-state index is 0.146. The lowest BCUT2D eigenvalue weighted by Gasteiger charge is -2.31. The maximum absolute atomic E-state index is 8.86. The highest BCUT2D eigenvalue weighted by molar-refractivity contribution is 6.02. The summed E-state index contributed by atoms with van der Waals surface area (Å²) in [6.45, 7) is 8.57. The van der Waals surface area contributed by atoms with Gasteiger partial charge in [-0.3, -0.25) is 0 Å². The lowest BCUT2D eigenvalue weighted by molar-refractivity contribution is 0.318. The number of hydrogen-bond acceptors (Lipinski definition) is 3. The smallest absolute Gasteiger partial charge is 0.172 e. The van der Waals surface area contributed by atoms with Gasteiger partial charge in [0.2, 0.25) is 0 Å². The van der Waals surface area contributed by atoms with E-state index in [0.717, 1.165) is 16.8 Å². The van der Waals surface area contributed by atoms with Crippen LogP contribution in [0, 0.1) is 12.8 Å². The Morgan fingerprint density at radius 1 is 1.33 bits per heavy atom. The van der Waals surface area contributed by atoms with Crippen molar-refractivity contribution in [1.82, 2.24) is 0 Å². The number of oxime groups is 1. The Balaban J connectivity index is 3.25.